The number of carbonyl (C=O) groups excluding carboxylic acids is 3. The summed E-state index contributed by atoms with van der Waals surface area (Å²) in [6.45, 7) is 1.08. The van der Waals surface area contributed by atoms with Gasteiger partial charge in [0.15, 0.2) is 0 Å². The van der Waals surface area contributed by atoms with Gasteiger partial charge in [-0.15, -0.1) is 11.3 Å². The standard InChI is InChI=1S/C25H26N4O4S/c1-33-25(32)26-15-22(30)29-13-11-18(12-14-29)24-28-21(16-34-24)23(31)27-20-10-6-5-9-19(20)17-7-3-2-4-8-17/h2-10,16,18H,11-15H2,1H3,(H,26,32)(H,27,31). The van der Waals surface area contributed by atoms with Gasteiger partial charge in [0.25, 0.3) is 5.91 Å². The van der Waals surface area contributed by atoms with Gasteiger partial charge in [-0.05, 0) is 24.5 Å². The number of nitrogens with one attached hydrogen (secondary N) is 2. The molecule has 0 saturated carbocycles. The predicted octanol–water partition coefficient (Wildman–Crippen LogP) is 4.12. The summed E-state index contributed by atoms with van der Waals surface area (Å²) in [5, 5.41) is 8.10. The van der Waals surface area contributed by atoms with Crippen LogP contribution in [0.2, 0.25) is 0 Å². The van der Waals surface area contributed by atoms with Crippen LogP contribution in [0.5, 0.6) is 0 Å². The van der Waals surface area contributed by atoms with Crippen molar-refractivity contribution < 1.29 is 19.1 Å². The molecular formula is C25H26N4O4S. The van der Waals surface area contributed by atoms with E-state index in [1.165, 1.54) is 18.4 Å². The lowest BCUT2D eigenvalue weighted by Gasteiger charge is -2.31. The van der Waals surface area contributed by atoms with Crippen molar-refractivity contribution in [3.63, 3.8) is 0 Å². The van der Waals surface area contributed by atoms with Crippen molar-refractivity contribution in [1.29, 1.82) is 0 Å². The topological polar surface area (TPSA) is 101 Å². The quantitative estimate of drug-likeness (QED) is 0.555. The molecule has 176 valence electrons. The maximum Gasteiger partial charge on any atom is 0.407 e. The van der Waals surface area contributed by atoms with E-state index in [2.05, 4.69) is 20.4 Å². The molecule has 2 heterocycles. The van der Waals surface area contributed by atoms with Crippen LogP contribution in [-0.2, 0) is 9.53 Å². The molecule has 1 aliphatic heterocycles. The van der Waals surface area contributed by atoms with Gasteiger partial charge in [-0.3, -0.25) is 9.59 Å². The third-order valence-electron chi connectivity index (χ3n) is 5.78. The molecule has 2 aromatic carbocycles. The van der Waals surface area contributed by atoms with Crippen LogP contribution in [0.1, 0.15) is 34.3 Å². The first kappa shape index (κ1) is 23.4. The number of carbonyl (C=O) groups is 3. The molecule has 3 amide bonds. The Morgan fingerprint density at radius 3 is 2.50 bits per heavy atom. The number of para-hydroxylation sites is 1. The van der Waals surface area contributed by atoms with E-state index in [9.17, 15) is 14.4 Å². The van der Waals surface area contributed by atoms with E-state index in [4.69, 9.17) is 0 Å². The summed E-state index contributed by atoms with van der Waals surface area (Å²) in [6, 6.07) is 17.6. The molecule has 2 N–H and O–H groups in total. The van der Waals surface area contributed by atoms with E-state index in [1.807, 2.05) is 54.6 Å². The summed E-state index contributed by atoms with van der Waals surface area (Å²) in [4.78, 5) is 42.7. The number of benzene rings is 2. The molecule has 0 aliphatic carbocycles. The molecule has 1 saturated heterocycles. The van der Waals surface area contributed by atoms with Crippen molar-refractivity contribution in [2.75, 3.05) is 32.1 Å². The Balaban J connectivity index is 1.35. The van der Waals surface area contributed by atoms with E-state index >= 15 is 0 Å². The summed E-state index contributed by atoms with van der Waals surface area (Å²) in [5.74, 6) is -0.187. The summed E-state index contributed by atoms with van der Waals surface area (Å²) in [6.07, 6.45) is 0.897. The van der Waals surface area contributed by atoms with E-state index in [1.54, 1.807) is 10.3 Å². The molecule has 0 spiro atoms. The molecule has 0 atom stereocenters. The van der Waals surface area contributed by atoms with Crippen LogP contribution in [-0.4, -0.2) is 54.5 Å². The Labute approximate surface area is 202 Å². The summed E-state index contributed by atoms with van der Waals surface area (Å²) >= 11 is 1.47. The first-order valence-corrected chi connectivity index (χ1v) is 11.9. The molecule has 1 aromatic heterocycles. The normalized spacial score (nSPS) is 13.9. The van der Waals surface area contributed by atoms with Gasteiger partial charge in [-0.1, -0.05) is 48.5 Å². The number of amides is 3. The average molecular weight is 479 g/mol. The van der Waals surface area contributed by atoms with Crippen LogP contribution in [0.25, 0.3) is 11.1 Å². The fourth-order valence-electron chi connectivity index (χ4n) is 3.93. The van der Waals surface area contributed by atoms with Crippen molar-refractivity contribution >= 4 is 34.9 Å². The highest BCUT2D eigenvalue weighted by atomic mass is 32.1. The van der Waals surface area contributed by atoms with E-state index < -0.39 is 6.09 Å². The maximum absolute atomic E-state index is 12.9. The lowest BCUT2D eigenvalue weighted by Crippen LogP contribution is -2.43. The Morgan fingerprint density at radius 1 is 1.06 bits per heavy atom. The molecule has 34 heavy (non-hydrogen) atoms. The summed E-state index contributed by atoms with van der Waals surface area (Å²) in [5.41, 5.74) is 3.11. The zero-order valence-electron chi connectivity index (χ0n) is 18.8. The highest BCUT2D eigenvalue weighted by Crippen LogP contribution is 2.31. The van der Waals surface area contributed by atoms with E-state index in [0.29, 0.717) is 18.8 Å². The molecule has 9 heteroatoms. The number of nitrogens with zero attached hydrogens (tertiary/aromatic N) is 2. The largest absolute Gasteiger partial charge is 0.453 e. The van der Waals surface area contributed by atoms with Gasteiger partial charge in [0.2, 0.25) is 5.91 Å². The predicted molar refractivity (Wildman–Crippen MR) is 131 cm³/mol. The third-order valence-corrected chi connectivity index (χ3v) is 6.79. The zero-order valence-corrected chi connectivity index (χ0v) is 19.6. The highest BCUT2D eigenvalue weighted by molar-refractivity contribution is 7.10. The Hall–Kier alpha value is -3.72. The van der Waals surface area contributed by atoms with Crippen molar-refractivity contribution in [3.05, 3.63) is 70.7 Å². The summed E-state index contributed by atoms with van der Waals surface area (Å²) < 4.78 is 4.49. The summed E-state index contributed by atoms with van der Waals surface area (Å²) in [7, 11) is 1.26. The van der Waals surface area contributed by atoms with E-state index in [-0.39, 0.29) is 24.3 Å². The number of hydrogen-bond donors (Lipinski definition) is 2. The molecular weight excluding hydrogens is 452 g/mol. The first-order chi connectivity index (χ1) is 16.5. The minimum atomic E-state index is -0.622. The molecule has 1 fully saturated rings. The van der Waals surface area contributed by atoms with Crippen LogP contribution >= 0.6 is 11.3 Å². The van der Waals surface area contributed by atoms with E-state index in [0.717, 1.165) is 34.7 Å². The molecule has 0 radical (unpaired) electrons. The van der Waals surface area contributed by atoms with Crippen LogP contribution in [0, 0.1) is 0 Å². The van der Waals surface area contributed by atoms with Crippen LogP contribution in [0.15, 0.2) is 60.0 Å². The van der Waals surface area contributed by atoms with Crippen molar-refractivity contribution in [2.24, 2.45) is 0 Å². The number of aromatic nitrogens is 1. The third kappa shape index (κ3) is 5.60. The smallest absolute Gasteiger partial charge is 0.407 e. The van der Waals surface area contributed by atoms with Gasteiger partial charge >= 0.3 is 6.09 Å². The minimum Gasteiger partial charge on any atom is -0.453 e. The molecule has 1 aliphatic rings. The highest BCUT2D eigenvalue weighted by Gasteiger charge is 2.26. The van der Waals surface area contributed by atoms with Gasteiger partial charge in [0, 0.05) is 35.6 Å². The Morgan fingerprint density at radius 2 is 1.76 bits per heavy atom. The number of hydrogen-bond acceptors (Lipinski definition) is 6. The fourth-order valence-corrected chi connectivity index (χ4v) is 4.91. The first-order valence-electron chi connectivity index (χ1n) is 11.1. The van der Waals surface area contributed by atoms with Crippen molar-refractivity contribution in [1.82, 2.24) is 15.2 Å². The van der Waals surface area contributed by atoms with Crippen LogP contribution < -0.4 is 10.6 Å². The Kier molecular flexibility index (Phi) is 7.54. The SMILES string of the molecule is COC(=O)NCC(=O)N1CCC(c2nc(C(=O)Nc3ccccc3-c3ccccc3)cs2)CC1. The van der Waals surface area contributed by atoms with Gasteiger partial charge in [0.05, 0.1) is 12.1 Å². The van der Waals surface area contributed by atoms with Crippen LogP contribution in [0.3, 0.4) is 0 Å². The molecule has 8 nitrogen and oxygen atoms in total. The number of likely N-dealkylation sites (tertiary alicyclic amines) is 1. The fraction of sp³-hybridized carbons (Fsp3) is 0.280. The lowest BCUT2D eigenvalue weighted by atomic mass is 9.97. The molecule has 4 rings (SSSR count). The monoisotopic (exact) mass is 478 g/mol. The minimum absolute atomic E-state index is 0.0800. The number of methoxy groups -OCH3 is 1. The van der Waals surface area contributed by atoms with Gasteiger partial charge in [-0.2, -0.15) is 0 Å². The second kappa shape index (κ2) is 10.9. The van der Waals surface area contributed by atoms with Gasteiger partial charge < -0.3 is 20.3 Å². The van der Waals surface area contributed by atoms with Crippen molar-refractivity contribution in [2.45, 2.75) is 18.8 Å². The number of thiazole rings is 1. The van der Waals surface area contributed by atoms with Gasteiger partial charge in [0.1, 0.15) is 12.2 Å². The zero-order chi connectivity index (χ0) is 23.9. The molecule has 0 unspecified atom stereocenters. The number of piperidine rings is 1. The number of ether oxygens (including phenoxy) is 1. The second-order valence-corrected chi connectivity index (χ2v) is 8.83. The second-order valence-electron chi connectivity index (χ2n) is 7.94. The number of alkyl carbamates (subject to hydrolysis) is 1. The Bertz CT molecular complexity index is 1160. The number of anilines is 1. The number of rotatable bonds is 6. The molecule has 3 aromatic rings. The molecule has 0 bridgehead atoms. The van der Waals surface area contributed by atoms with Gasteiger partial charge in [-0.25, -0.2) is 9.78 Å². The maximum atomic E-state index is 12.9. The van der Waals surface area contributed by atoms with Crippen LogP contribution in [0.4, 0.5) is 10.5 Å². The lowest BCUT2D eigenvalue weighted by molar-refractivity contribution is -0.131. The van der Waals surface area contributed by atoms with Crippen molar-refractivity contribution in [3.8, 4) is 11.1 Å². The average Bonchev–Trinajstić information content (AvgIpc) is 3.38.